The van der Waals surface area contributed by atoms with Crippen molar-refractivity contribution in [3.63, 3.8) is 0 Å². The number of nitrogens with two attached hydrogens (primary N) is 1. The molecule has 4 N–H and O–H groups in total. The number of rotatable bonds is 8. The number of nitrogens with one attached hydrogen (secondary N) is 2. The zero-order valence-corrected chi connectivity index (χ0v) is 20.6. The maximum Gasteiger partial charge on any atom is 0.255 e. The van der Waals surface area contributed by atoms with Gasteiger partial charge in [-0.2, -0.15) is 0 Å². The molecule has 0 bridgehead atoms. The Labute approximate surface area is 206 Å². The lowest BCUT2D eigenvalue weighted by molar-refractivity contribution is 0.0951. The van der Waals surface area contributed by atoms with Crippen LogP contribution in [0.25, 0.3) is 10.8 Å². The number of halogens is 1. The molecule has 8 heteroatoms. The molecule has 4 rings (SSSR count). The first-order valence-corrected chi connectivity index (χ1v) is 12.3. The topological polar surface area (TPSA) is 96.2 Å². The van der Waals surface area contributed by atoms with Gasteiger partial charge in [-0.3, -0.25) is 4.79 Å². The summed E-state index contributed by atoms with van der Waals surface area (Å²) in [6, 6.07) is 9.47. The second kappa shape index (κ2) is 11.0. The van der Waals surface area contributed by atoms with Gasteiger partial charge in [-0.1, -0.05) is 37.6 Å². The van der Waals surface area contributed by atoms with Crippen LogP contribution in [-0.4, -0.2) is 47.0 Å². The Morgan fingerprint density at radius 3 is 2.76 bits per heavy atom. The van der Waals surface area contributed by atoms with Crippen LogP contribution < -0.4 is 16.4 Å². The van der Waals surface area contributed by atoms with Gasteiger partial charge in [-0.15, -0.1) is 0 Å². The highest BCUT2D eigenvalue weighted by Crippen LogP contribution is 2.23. The fourth-order valence-electron chi connectivity index (χ4n) is 4.52. The van der Waals surface area contributed by atoms with Crippen LogP contribution in [0.1, 0.15) is 42.6 Å². The molecule has 1 saturated heterocycles. The number of fused-ring (bicyclic) bond motifs is 1. The van der Waals surface area contributed by atoms with E-state index in [1.165, 1.54) is 0 Å². The van der Waals surface area contributed by atoms with Crippen molar-refractivity contribution in [2.45, 2.75) is 33.2 Å². The van der Waals surface area contributed by atoms with Gasteiger partial charge < -0.3 is 21.3 Å². The highest BCUT2D eigenvalue weighted by atomic mass is 35.5. The quantitative estimate of drug-likeness (QED) is 0.437. The van der Waals surface area contributed by atoms with E-state index in [1.807, 2.05) is 24.3 Å². The summed E-state index contributed by atoms with van der Waals surface area (Å²) in [5.74, 6) is 2.12. The van der Waals surface area contributed by atoms with E-state index in [0.29, 0.717) is 40.6 Å². The Hall–Kier alpha value is -2.90. The Balaban J connectivity index is 1.36. The molecule has 0 atom stereocenters. The summed E-state index contributed by atoms with van der Waals surface area (Å²) < 4.78 is 0. The molecule has 3 heterocycles. The predicted octanol–water partition coefficient (Wildman–Crippen LogP) is 4.58. The molecule has 34 heavy (non-hydrogen) atoms. The predicted molar refractivity (Wildman–Crippen MR) is 139 cm³/mol. The number of nitrogens with zero attached hydrogens (tertiary/aromatic N) is 3. The number of nitrogen functional groups attached to an aromatic ring is 1. The number of pyridine rings is 2. The molecule has 1 aliphatic rings. The average Bonchev–Trinajstić information content (AvgIpc) is 2.82. The minimum absolute atomic E-state index is 0.210. The van der Waals surface area contributed by atoms with Crippen molar-refractivity contribution in [3.8, 4) is 0 Å². The third-order valence-electron chi connectivity index (χ3n) is 6.30. The Kier molecular flexibility index (Phi) is 7.85. The highest BCUT2D eigenvalue weighted by Gasteiger charge is 2.21. The number of aromatic nitrogens is 2. The van der Waals surface area contributed by atoms with Gasteiger partial charge in [0, 0.05) is 37.4 Å². The van der Waals surface area contributed by atoms with Crippen LogP contribution in [0.3, 0.4) is 0 Å². The lowest BCUT2D eigenvalue weighted by Crippen LogP contribution is -2.38. The van der Waals surface area contributed by atoms with E-state index in [-0.39, 0.29) is 5.91 Å². The molecule has 0 radical (unpaired) electrons. The van der Waals surface area contributed by atoms with Crippen LogP contribution in [0.15, 0.2) is 42.7 Å². The molecule has 0 saturated carbocycles. The molecule has 0 aliphatic carbocycles. The van der Waals surface area contributed by atoms with Crippen LogP contribution in [0, 0.1) is 11.8 Å². The van der Waals surface area contributed by atoms with Crippen molar-refractivity contribution in [2.24, 2.45) is 11.8 Å². The van der Waals surface area contributed by atoms with E-state index in [2.05, 4.69) is 39.3 Å². The number of benzene rings is 1. The zero-order valence-electron chi connectivity index (χ0n) is 19.9. The number of likely N-dealkylation sites (tertiary alicyclic amines) is 1. The molecule has 1 aromatic carbocycles. The van der Waals surface area contributed by atoms with Crippen LogP contribution >= 0.6 is 11.6 Å². The molecule has 1 aliphatic heterocycles. The van der Waals surface area contributed by atoms with Crippen molar-refractivity contribution in [1.29, 1.82) is 0 Å². The van der Waals surface area contributed by atoms with Crippen molar-refractivity contribution < 1.29 is 4.79 Å². The third-order valence-corrected chi connectivity index (χ3v) is 6.51. The third kappa shape index (κ3) is 6.15. The maximum atomic E-state index is 13.0. The molecule has 3 aromatic rings. The Bertz CT molecular complexity index is 1140. The van der Waals surface area contributed by atoms with Gasteiger partial charge in [-0.05, 0) is 66.9 Å². The number of carbonyl (C=O) groups excluding carboxylic acids is 1. The molecule has 2 aromatic heterocycles. The largest absolute Gasteiger partial charge is 0.383 e. The first kappa shape index (κ1) is 24.2. The van der Waals surface area contributed by atoms with Crippen molar-refractivity contribution >= 4 is 39.9 Å². The highest BCUT2D eigenvalue weighted by molar-refractivity contribution is 6.31. The van der Waals surface area contributed by atoms with Crippen LogP contribution in [0.4, 0.5) is 11.6 Å². The number of piperidine rings is 1. The maximum absolute atomic E-state index is 13.0. The van der Waals surface area contributed by atoms with E-state index < -0.39 is 0 Å². The lowest BCUT2D eigenvalue weighted by Gasteiger charge is -2.33. The minimum Gasteiger partial charge on any atom is -0.383 e. The number of hydrogen-bond donors (Lipinski definition) is 3. The van der Waals surface area contributed by atoms with E-state index in [9.17, 15) is 4.79 Å². The molecule has 0 unspecified atom stereocenters. The normalized spacial score (nSPS) is 15.1. The van der Waals surface area contributed by atoms with Gasteiger partial charge >= 0.3 is 0 Å². The van der Waals surface area contributed by atoms with E-state index in [0.717, 1.165) is 55.4 Å². The molecular formula is C26H33ClN6O. The summed E-state index contributed by atoms with van der Waals surface area (Å²) in [7, 11) is 0. The molecule has 7 nitrogen and oxygen atoms in total. The summed E-state index contributed by atoms with van der Waals surface area (Å²) in [6.45, 7) is 9.12. The molecule has 0 spiro atoms. The van der Waals surface area contributed by atoms with E-state index >= 15 is 0 Å². The first-order chi connectivity index (χ1) is 16.4. The molecule has 1 fully saturated rings. The van der Waals surface area contributed by atoms with Gasteiger partial charge in [0.05, 0.1) is 10.6 Å². The van der Waals surface area contributed by atoms with Crippen LogP contribution in [0.5, 0.6) is 0 Å². The van der Waals surface area contributed by atoms with Gasteiger partial charge in [0.1, 0.15) is 11.6 Å². The fraction of sp³-hybridized carbons (Fsp3) is 0.423. The minimum atomic E-state index is -0.210. The van der Waals surface area contributed by atoms with Crippen molar-refractivity contribution in [2.75, 3.05) is 37.2 Å². The number of amides is 1. The molecule has 1 amide bonds. The van der Waals surface area contributed by atoms with Gasteiger partial charge in [0.2, 0.25) is 0 Å². The van der Waals surface area contributed by atoms with Crippen LogP contribution in [-0.2, 0) is 6.54 Å². The fourth-order valence-corrected chi connectivity index (χ4v) is 4.68. The monoisotopic (exact) mass is 480 g/mol. The van der Waals surface area contributed by atoms with Gasteiger partial charge in [0.25, 0.3) is 5.91 Å². The first-order valence-electron chi connectivity index (χ1n) is 11.9. The van der Waals surface area contributed by atoms with Crippen molar-refractivity contribution in [3.05, 3.63) is 58.9 Å². The van der Waals surface area contributed by atoms with Gasteiger partial charge in [0.15, 0.2) is 0 Å². The van der Waals surface area contributed by atoms with Gasteiger partial charge in [-0.25, -0.2) is 9.97 Å². The van der Waals surface area contributed by atoms with Crippen LogP contribution in [0.2, 0.25) is 5.02 Å². The number of anilines is 2. The summed E-state index contributed by atoms with van der Waals surface area (Å²) in [6.07, 6.45) is 5.56. The molecule has 180 valence electrons. The zero-order chi connectivity index (χ0) is 24.1. The number of carbonyl (C=O) groups is 1. The Morgan fingerprint density at radius 2 is 2.00 bits per heavy atom. The molecular weight excluding hydrogens is 448 g/mol. The number of hydrogen-bond acceptors (Lipinski definition) is 6. The summed E-state index contributed by atoms with van der Waals surface area (Å²) in [4.78, 5) is 24.1. The Morgan fingerprint density at radius 1 is 1.21 bits per heavy atom. The summed E-state index contributed by atoms with van der Waals surface area (Å²) in [5.41, 5.74) is 7.37. The smallest absolute Gasteiger partial charge is 0.255 e. The summed E-state index contributed by atoms with van der Waals surface area (Å²) >= 11 is 6.17. The SMILES string of the molecule is CC(C)CN1CCC(CNc2ncc(Cl)cc2C(=O)NCc2ccc3c(N)nccc3c2)CC1. The second-order valence-corrected chi connectivity index (χ2v) is 9.94. The van der Waals surface area contributed by atoms with E-state index in [4.69, 9.17) is 17.3 Å². The average molecular weight is 481 g/mol. The van der Waals surface area contributed by atoms with Crippen molar-refractivity contribution in [1.82, 2.24) is 20.2 Å². The second-order valence-electron chi connectivity index (χ2n) is 9.50. The summed E-state index contributed by atoms with van der Waals surface area (Å²) in [5, 5.41) is 8.73. The lowest BCUT2D eigenvalue weighted by atomic mass is 9.96. The van der Waals surface area contributed by atoms with E-state index in [1.54, 1.807) is 18.5 Å². The standard InChI is InChI=1S/C26H33ClN6O/c1-17(2)16-33-9-6-18(7-10-33)13-30-25-23(12-21(27)15-31-25)26(34)32-14-19-3-4-22-20(11-19)5-8-29-24(22)28/h3-5,8,11-12,15,17-18H,6-7,9-10,13-14,16H2,1-2H3,(H2,28,29)(H,30,31)(H,32,34).